The van der Waals surface area contributed by atoms with E-state index in [1.165, 1.54) is 43.2 Å². The van der Waals surface area contributed by atoms with E-state index in [9.17, 15) is 14.0 Å². The monoisotopic (exact) mass is 644 g/mol. The minimum atomic E-state index is -1.30. The van der Waals surface area contributed by atoms with Gasteiger partial charge in [0.25, 0.3) is 0 Å². The molecule has 1 unspecified atom stereocenters. The highest BCUT2D eigenvalue weighted by molar-refractivity contribution is 6.13. The van der Waals surface area contributed by atoms with Gasteiger partial charge in [-0.1, -0.05) is 6.08 Å². The summed E-state index contributed by atoms with van der Waals surface area (Å²) in [5.74, 6) is 0.417. The van der Waals surface area contributed by atoms with Gasteiger partial charge >= 0.3 is 0 Å². The predicted octanol–water partition coefficient (Wildman–Crippen LogP) is 6.49. The molecule has 4 aliphatic carbocycles. The van der Waals surface area contributed by atoms with Crippen molar-refractivity contribution < 1.29 is 32.6 Å². The number of benzene rings is 2. The molecule has 3 aromatic rings. The number of carbonyl (C=O) groups is 2. The summed E-state index contributed by atoms with van der Waals surface area (Å²) in [6.07, 6.45) is 11.5. The van der Waals surface area contributed by atoms with Crippen LogP contribution in [-0.2, 0) is 9.59 Å². The van der Waals surface area contributed by atoms with Gasteiger partial charge < -0.3 is 30.2 Å². The Labute approximate surface area is 271 Å². The van der Waals surface area contributed by atoms with Gasteiger partial charge in [0.1, 0.15) is 35.2 Å². The van der Waals surface area contributed by atoms with Gasteiger partial charge in [0, 0.05) is 23.7 Å². The van der Waals surface area contributed by atoms with Crippen LogP contribution in [0.25, 0.3) is 10.9 Å². The normalized spacial score (nSPS) is 21.8. The van der Waals surface area contributed by atoms with E-state index in [1.807, 2.05) is 6.07 Å². The van der Waals surface area contributed by atoms with E-state index < -0.39 is 28.6 Å². The number of fused-ring (bicyclic) bond motifs is 1. The summed E-state index contributed by atoms with van der Waals surface area (Å²) < 4.78 is 46.6. The Kier molecular flexibility index (Phi) is 7.90. The number of ether oxygens (including phenoxy) is 3. The number of methoxy groups -OCH3 is 1. The van der Waals surface area contributed by atoms with E-state index in [1.54, 1.807) is 38.4 Å². The molecular weight excluding hydrogens is 606 g/mol. The standard InChI is InChI=1S/C36H38F2N4O5/c1-34(10-7-23(37)8-11-34)42-33(44)36(14-15-36)32(43)41-27-6-5-24(17-26(27)38)47-29-9-16-39-28-19-31(30(45-2)18-25(28)29)46-21-35(12-13-35)40-20-22-3-4-22/h5-10,16-19,22,40H,3-4,11-15,20-21H2,1-2H3,(H,41,43)(H,42,44). The van der Waals surface area contributed by atoms with Crippen molar-refractivity contribution in [1.29, 1.82) is 0 Å². The number of rotatable bonds is 13. The SMILES string of the molecule is COc1cc2c(Oc3ccc(NC(=O)C4(C(=O)NC5(C)C=CC(F)=CC5)CC4)c(F)c3)ccnc2cc1OCC1(NCC2CC2)CC1. The van der Waals surface area contributed by atoms with Crippen molar-refractivity contribution in [3.63, 3.8) is 0 Å². The summed E-state index contributed by atoms with van der Waals surface area (Å²) in [4.78, 5) is 30.8. The Morgan fingerprint density at radius 1 is 1.00 bits per heavy atom. The average Bonchev–Trinajstić information content (AvgIpc) is 3.92. The second-order valence-electron chi connectivity index (χ2n) is 13.5. The van der Waals surface area contributed by atoms with Gasteiger partial charge in [-0.05, 0) is 101 Å². The Morgan fingerprint density at radius 3 is 2.47 bits per heavy atom. The number of hydrogen-bond acceptors (Lipinski definition) is 7. The number of aromatic nitrogens is 1. The van der Waals surface area contributed by atoms with Crippen LogP contribution in [0.2, 0.25) is 0 Å². The molecule has 4 aliphatic rings. The van der Waals surface area contributed by atoms with Gasteiger partial charge in [0.15, 0.2) is 11.5 Å². The van der Waals surface area contributed by atoms with Gasteiger partial charge in [0.2, 0.25) is 11.8 Å². The lowest BCUT2D eigenvalue weighted by atomic mass is 9.91. The molecule has 246 valence electrons. The molecule has 1 heterocycles. The number of anilines is 1. The first kappa shape index (κ1) is 31.1. The molecule has 0 bridgehead atoms. The first-order chi connectivity index (χ1) is 22.6. The Hall–Kier alpha value is -4.51. The second kappa shape index (κ2) is 11.9. The largest absolute Gasteiger partial charge is 0.493 e. The van der Waals surface area contributed by atoms with Gasteiger partial charge in [-0.25, -0.2) is 8.78 Å². The van der Waals surface area contributed by atoms with Crippen LogP contribution in [0.3, 0.4) is 0 Å². The maximum Gasteiger partial charge on any atom is 0.240 e. The average molecular weight is 645 g/mol. The molecule has 3 saturated carbocycles. The molecule has 3 fully saturated rings. The third kappa shape index (κ3) is 6.67. The minimum Gasteiger partial charge on any atom is -0.493 e. The zero-order chi connectivity index (χ0) is 32.8. The van der Waals surface area contributed by atoms with E-state index in [4.69, 9.17) is 14.2 Å². The summed E-state index contributed by atoms with van der Waals surface area (Å²) in [7, 11) is 1.58. The summed E-state index contributed by atoms with van der Waals surface area (Å²) in [5.41, 5.74) is -1.54. The first-order valence-corrected chi connectivity index (χ1v) is 16.1. The number of pyridine rings is 1. The lowest BCUT2D eigenvalue weighted by Gasteiger charge is -2.30. The number of nitrogens with one attached hydrogen (secondary N) is 3. The van der Waals surface area contributed by atoms with Crippen molar-refractivity contribution >= 4 is 28.4 Å². The summed E-state index contributed by atoms with van der Waals surface area (Å²) >= 11 is 0. The van der Waals surface area contributed by atoms with Crippen molar-refractivity contribution in [2.24, 2.45) is 11.3 Å². The van der Waals surface area contributed by atoms with Crippen LogP contribution in [0.5, 0.6) is 23.0 Å². The fraction of sp³-hybridized carbons (Fsp3) is 0.417. The van der Waals surface area contributed by atoms with Crippen molar-refractivity contribution in [3.8, 4) is 23.0 Å². The molecule has 1 aromatic heterocycles. The fourth-order valence-corrected chi connectivity index (χ4v) is 5.80. The first-order valence-electron chi connectivity index (χ1n) is 16.1. The van der Waals surface area contributed by atoms with Crippen LogP contribution in [0.4, 0.5) is 14.5 Å². The van der Waals surface area contributed by atoms with Gasteiger partial charge in [-0.3, -0.25) is 14.6 Å². The zero-order valence-electron chi connectivity index (χ0n) is 26.5. The van der Waals surface area contributed by atoms with Crippen molar-refractivity contribution in [2.75, 3.05) is 25.6 Å². The minimum absolute atomic E-state index is 0.0207. The van der Waals surface area contributed by atoms with Crippen molar-refractivity contribution in [3.05, 3.63) is 72.5 Å². The van der Waals surface area contributed by atoms with Crippen LogP contribution in [-0.4, -0.2) is 48.1 Å². The molecule has 0 radical (unpaired) electrons. The van der Waals surface area contributed by atoms with E-state index in [2.05, 4.69) is 20.9 Å². The molecule has 2 aromatic carbocycles. The third-order valence-corrected chi connectivity index (χ3v) is 9.57. The molecule has 0 saturated heterocycles. The Balaban J connectivity index is 1.01. The highest BCUT2D eigenvalue weighted by atomic mass is 19.1. The molecule has 0 aliphatic heterocycles. The smallest absolute Gasteiger partial charge is 0.240 e. The van der Waals surface area contributed by atoms with Crippen LogP contribution in [0, 0.1) is 17.2 Å². The number of amides is 2. The Bertz CT molecular complexity index is 1800. The van der Waals surface area contributed by atoms with Crippen molar-refractivity contribution in [2.45, 2.75) is 62.9 Å². The van der Waals surface area contributed by atoms with E-state index >= 15 is 4.39 Å². The summed E-state index contributed by atoms with van der Waals surface area (Å²) in [6.45, 7) is 3.33. The van der Waals surface area contributed by atoms with E-state index in [0.717, 1.165) is 25.3 Å². The molecule has 11 heteroatoms. The maximum absolute atomic E-state index is 15.3. The molecule has 47 heavy (non-hydrogen) atoms. The highest BCUT2D eigenvalue weighted by Crippen LogP contribution is 2.48. The highest BCUT2D eigenvalue weighted by Gasteiger charge is 2.57. The number of nitrogens with zero attached hydrogens (tertiary/aromatic N) is 1. The summed E-state index contributed by atoms with van der Waals surface area (Å²) in [6, 6.07) is 9.41. The molecule has 3 N–H and O–H groups in total. The van der Waals surface area contributed by atoms with Gasteiger partial charge in [-0.15, -0.1) is 0 Å². The predicted molar refractivity (Wildman–Crippen MR) is 173 cm³/mol. The fourth-order valence-electron chi connectivity index (χ4n) is 5.80. The Morgan fingerprint density at radius 2 is 1.81 bits per heavy atom. The quantitative estimate of drug-likeness (QED) is 0.183. The van der Waals surface area contributed by atoms with Crippen LogP contribution >= 0.6 is 0 Å². The maximum atomic E-state index is 15.3. The van der Waals surface area contributed by atoms with E-state index in [0.29, 0.717) is 47.6 Å². The third-order valence-electron chi connectivity index (χ3n) is 9.57. The molecule has 1 atom stereocenters. The van der Waals surface area contributed by atoms with E-state index in [-0.39, 0.29) is 29.2 Å². The topological polar surface area (TPSA) is 111 Å². The second-order valence-corrected chi connectivity index (χ2v) is 13.5. The van der Waals surface area contributed by atoms with Crippen LogP contribution in [0.1, 0.15) is 51.9 Å². The van der Waals surface area contributed by atoms with Gasteiger partial charge in [-0.2, -0.15) is 0 Å². The number of carbonyl (C=O) groups excluding carboxylic acids is 2. The summed E-state index contributed by atoms with van der Waals surface area (Å²) in [5, 5.41) is 9.76. The number of halogens is 2. The molecule has 2 amide bonds. The zero-order valence-corrected chi connectivity index (χ0v) is 26.5. The number of allylic oxidation sites excluding steroid dienone is 2. The lowest BCUT2D eigenvalue weighted by Crippen LogP contribution is -2.50. The molecular formula is C36H38F2N4O5. The number of hydrogen-bond donors (Lipinski definition) is 3. The molecule has 9 nitrogen and oxygen atoms in total. The van der Waals surface area contributed by atoms with Crippen LogP contribution in [0.15, 0.2) is 66.6 Å². The molecule has 0 spiro atoms. The van der Waals surface area contributed by atoms with Gasteiger partial charge in [0.05, 0.1) is 29.4 Å². The lowest BCUT2D eigenvalue weighted by molar-refractivity contribution is -0.135. The van der Waals surface area contributed by atoms with Crippen LogP contribution < -0.4 is 30.2 Å². The molecule has 7 rings (SSSR count). The van der Waals surface area contributed by atoms with Crippen molar-refractivity contribution in [1.82, 2.24) is 15.6 Å².